The molecule has 2 aromatic heterocycles. The van der Waals surface area contributed by atoms with Gasteiger partial charge in [0.25, 0.3) is 0 Å². The van der Waals surface area contributed by atoms with E-state index in [-0.39, 0.29) is 0 Å². The molecule has 0 aliphatic heterocycles. The summed E-state index contributed by atoms with van der Waals surface area (Å²) >= 11 is 1.71. The van der Waals surface area contributed by atoms with Crippen LogP contribution in [0.1, 0.15) is 29.7 Å². The van der Waals surface area contributed by atoms with Gasteiger partial charge in [-0.25, -0.2) is 4.98 Å². The highest BCUT2D eigenvalue weighted by Gasteiger charge is 2.12. The molecule has 2 heterocycles. The molecular formula is C16H16N2S. The molecular weight excluding hydrogens is 252 g/mol. The molecule has 0 atom stereocenters. The minimum atomic E-state index is 1.09. The first-order valence-corrected chi connectivity index (χ1v) is 7.74. The summed E-state index contributed by atoms with van der Waals surface area (Å²) in [4.78, 5) is 5.82. The molecule has 0 amide bonds. The van der Waals surface area contributed by atoms with Crippen LogP contribution in [-0.2, 0) is 12.8 Å². The average Bonchev–Trinajstić information content (AvgIpc) is 3.01. The second-order valence-electron chi connectivity index (χ2n) is 5.35. The first-order chi connectivity index (χ1) is 9.31. The van der Waals surface area contributed by atoms with Crippen LogP contribution in [0, 0.1) is 6.92 Å². The lowest BCUT2D eigenvalue weighted by Crippen LogP contribution is -2.02. The number of hydrogen-bond donors (Lipinski definition) is 0. The lowest BCUT2D eigenvalue weighted by Gasteiger charge is -2.15. The summed E-state index contributed by atoms with van der Waals surface area (Å²) in [5.74, 6) is 0. The van der Waals surface area contributed by atoms with Crippen LogP contribution in [0.5, 0.6) is 0 Å². The van der Waals surface area contributed by atoms with Crippen molar-refractivity contribution < 1.29 is 0 Å². The van der Waals surface area contributed by atoms with Gasteiger partial charge in [-0.05, 0) is 49.8 Å². The van der Waals surface area contributed by atoms with Gasteiger partial charge in [-0.3, -0.25) is 4.40 Å². The van der Waals surface area contributed by atoms with Gasteiger partial charge >= 0.3 is 0 Å². The van der Waals surface area contributed by atoms with E-state index in [4.69, 9.17) is 4.98 Å². The second-order valence-corrected chi connectivity index (χ2v) is 6.18. The molecule has 4 rings (SSSR count). The molecule has 19 heavy (non-hydrogen) atoms. The van der Waals surface area contributed by atoms with E-state index in [1.165, 1.54) is 48.1 Å². The standard InChI is InChI=1S/C16H16N2S/c1-11-10-19-16-17-15(9-18(11)16)14-7-6-12-4-2-3-5-13(12)8-14/h6-10H,2-5H2,1H3. The van der Waals surface area contributed by atoms with Crippen molar-refractivity contribution in [3.63, 3.8) is 0 Å². The zero-order valence-electron chi connectivity index (χ0n) is 11.0. The van der Waals surface area contributed by atoms with Crippen LogP contribution < -0.4 is 0 Å². The molecule has 0 radical (unpaired) electrons. The van der Waals surface area contributed by atoms with E-state index in [1.807, 2.05) is 0 Å². The molecule has 3 aromatic rings. The molecule has 0 bridgehead atoms. The molecule has 1 aliphatic rings. The van der Waals surface area contributed by atoms with E-state index < -0.39 is 0 Å². The van der Waals surface area contributed by atoms with Crippen LogP contribution in [0.25, 0.3) is 16.2 Å². The third-order valence-electron chi connectivity index (χ3n) is 4.03. The maximum atomic E-state index is 4.73. The Bertz CT molecular complexity index is 751. The van der Waals surface area contributed by atoms with Crippen molar-refractivity contribution in [2.45, 2.75) is 32.6 Å². The summed E-state index contributed by atoms with van der Waals surface area (Å²) in [6.45, 7) is 2.13. The smallest absolute Gasteiger partial charge is 0.194 e. The number of imidazole rings is 1. The van der Waals surface area contributed by atoms with Gasteiger partial charge in [0, 0.05) is 22.8 Å². The number of thiazole rings is 1. The minimum Gasteiger partial charge on any atom is -0.294 e. The molecule has 1 aromatic carbocycles. The number of benzene rings is 1. The normalized spacial score (nSPS) is 14.8. The average molecular weight is 268 g/mol. The van der Waals surface area contributed by atoms with Gasteiger partial charge in [-0.1, -0.05) is 12.1 Å². The van der Waals surface area contributed by atoms with Crippen molar-refractivity contribution in [2.75, 3.05) is 0 Å². The highest BCUT2D eigenvalue weighted by molar-refractivity contribution is 7.15. The maximum Gasteiger partial charge on any atom is 0.194 e. The monoisotopic (exact) mass is 268 g/mol. The fraction of sp³-hybridized carbons (Fsp3) is 0.312. The van der Waals surface area contributed by atoms with Gasteiger partial charge in [-0.2, -0.15) is 0 Å². The van der Waals surface area contributed by atoms with Crippen LogP contribution in [-0.4, -0.2) is 9.38 Å². The van der Waals surface area contributed by atoms with Crippen molar-refractivity contribution in [1.82, 2.24) is 9.38 Å². The zero-order valence-corrected chi connectivity index (χ0v) is 11.8. The van der Waals surface area contributed by atoms with E-state index in [2.05, 4.69) is 41.1 Å². The van der Waals surface area contributed by atoms with Crippen LogP contribution in [0.15, 0.2) is 29.8 Å². The SMILES string of the molecule is Cc1csc2nc(-c3ccc4c(c3)CCCC4)cn12. The molecule has 96 valence electrons. The van der Waals surface area contributed by atoms with Gasteiger partial charge in [-0.15, -0.1) is 11.3 Å². The molecule has 0 saturated heterocycles. The van der Waals surface area contributed by atoms with E-state index in [0.717, 1.165) is 10.7 Å². The van der Waals surface area contributed by atoms with Crippen molar-refractivity contribution in [3.05, 3.63) is 46.6 Å². The maximum absolute atomic E-state index is 4.73. The highest BCUT2D eigenvalue weighted by Crippen LogP contribution is 2.28. The fourth-order valence-electron chi connectivity index (χ4n) is 2.93. The Labute approximate surface area is 116 Å². The van der Waals surface area contributed by atoms with Crippen LogP contribution >= 0.6 is 11.3 Å². The zero-order chi connectivity index (χ0) is 12.8. The summed E-state index contributed by atoms with van der Waals surface area (Å²) in [7, 11) is 0. The van der Waals surface area contributed by atoms with Crippen molar-refractivity contribution in [3.8, 4) is 11.3 Å². The van der Waals surface area contributed by atoms with E-state index >= 15 is 0 Å². The van der Waals surface area contributed by atoms with Crippen molar-refractivity contribution in [2.24, 2.45) is 0 Å². The third-order valence-corrected chi connectivity index (χ3v) is 4.99. The first-order valence-electron chi connectivity index (χ1n) is 6.86. The quantitative estimate of drug-likeness (QED) is 0.645. The lowest BCUT2D eigenvalue weighted by atomic mass is 9.90. The minimum absolute atomic E-state index is 1.09. The number of fused-ring (bicyclic) bond motifs is 2. The van der Waals surface area contributed by atoms with E-state index in [1.54, 1.807) is 11.3 Å². The Hall–Kier alpha value is -1.61. The lowest BCUT2D eigenvalue weighted by molar-refractivity contribution is 0.686. The number of nitrogens with zero attached hydrogens (tertiary/aromatic N) is 2. The van der Waals surface area contributed by atoms with E-state index in [9.17, 15) is 0 Å². The first kappa shape index (κ1) is 11.2. The van der Waals surface area contributed by atoms with Gasteiger partial charge in [0.2, 0.25) is 0 Å². The van der Waals surface area contributed by atoms with Gasteiger partial charge in [0.05, 0.1) is 5.69 Å². The largest absolute Gasteiger partial charge is 0.294 e. The molecule has 1 aliphatic carbocycles. The van der Waals surface area contributed by atoms with Crippen LogP contribution in [0.4, 0.5) is 0 Å². The summed E-state index contributed by atoms with van der Waals surface area (Å²) in [5, 5.41) is 2.15. The Morgan fingerprint density at radius 1 is 1.16 bits per heavy atom. The van der Waals surface area contributed by atoms with Gasteiger partial charge in [0.1, 0.15) is 0 Å². The van der Waals surface area contributed by atoms with Crippen LogP contribution in [0.3, 0.4) is 0 Å². The highest BCUT2D eigenvalue weighted by atomic mass is 32.1. The van der Waals surface area contributed by atoms with Crippen molar-refractivity contribution >= 4 is 16.3 Å². The summed E-state index contributed by atoms with van der Waals surface area (Å²) in [6, 6.07) is 6.87. The fourth-order valence-corrected chi connectivity index (χ4v) is 3.78. The Balaban J connectivity index is 1.82. The Morgan fingerprint density at radius 2 is 2.00 bits per heavy atom. The number of aromatic nitrogens is 2. The molecule has 0 fully saturated rings. The molecule has 2 nitrogen and oxygen atoms in total. The molecule has 0 spiro atoms. The van der Waals surface area contributed by atoms with E-state index in [0.29, 0.717) is 0 Å². The molecule has 0 unspecified atom stereocenters. The molecule has 0 N–H and O–H groups in total. The number of aryl methyl sites for hydroxylation is 3. The predicted octanol–water partition coefficient (Wildman–Crippen LogP) is 4.25. The summed E-state index contributed by atoms with van der Waals surface area (Å²) in [6.07, 6.45) is 7.29. The topological polar surface area (TPSA) is 17.3 Å². The predicted molar refractivity (Wildman–Crippen MR) is 79.9 cm³/mol. The Kier molecular flexibility index (Phi) is 2.49. The number of hydrogen-bond acceptors (Lipinski definition) is 2. The van der Waals surface area contributed by atoms with Crippen molar-refractivity contribution in [1.29, 1.82) is 0 Å². The van der Waals surface area contributed by atoms with Crippen LogP contribution in [0.2, 0.25) is 0 Å². The van der Waals surface area contributed by atoms with Gasteiger partial charge < -0.3 is 0 Å². The van der Waals surface area contributed by atoms with Gasteiger partial charge in [0.15, 0.2) is 4.96 Å². The second kappa shape index (κ2) is 4.20. The summed E-state index contributed by atoms with van der Waals surface area (Å²) < 4.78 is 2.18. The molecule has 3 heteroatoms. The Morgan fingerprint density at radius 3 is 2.84 bits per heavy atom. The molecule has 0 saturated carbocycles. The summed E-state index contributed by atoms with van der Waals surface area (Å²) in [5.41, 5.74) is 6.68. The number of rotatable bonds is 1. The third kappa shape index (κ3) is 1.80.